The Hall–Kier alpha value is -3.72. The van der Waals surface area contributed by atoms with Crippen LogP contribution in [0, 0.1) is 0 Å². The molecule has 2 aromatic heterocycles. The van der Waals surface area contributed by atoms with E-state index in [1.54, 1.807) is 18.3 Å². The van der Waals surface area contributed by atoms with Gasteiger partial charge in [0, 0.05) is 37.5 Å². The zero-order valence-corrected chi connectivity index (χ0v) is 17.7. The maximum absolute atomic E-state index is 12.2. The Morgan fingerprint density at radius 2 is 1.94 bits per heavy atom. The van der Waals surface area contributed by atoms with Crippen LogP contribution in [0.2, 0.25) is 5.15 Å². The van der Waals surface area contributed by atoms with Crippen LogP contribution in [0.4, 0.5) is 17.1 Å². The number of benzene rings is 1. The van der Waals surface area contributed by atoms with Crippen molar-refractivity contribution < 1.29 is 14.7 Å². The minimum atomic E-state index is -1.07. The Morgan fingerprint density at radius 1 is 1.16 bits per heavy atom. The smallest absolute Gasteiger partial charge is 0.354 e. The largest absolute Gasteiger partial charge is 0.477 e. The number of hydrogen-bond acceptors (Lipinski definition) is 7. The second kappa shape index (κ2) is 7.84. The molecule has 0 radical (unpaired) electrons. The van der Waals surface area contributed by atoms with E-state index < -0.39 is 11.9 Å². The summed E-state index contributed by atoms with van der Waals surface area (Å²) in [5.74, 6) is -1.46. The van der Waals surface area contributed by atoms with Crippen LogP contribution < -0.4 is 15.5 Å². The summed E-state index contributed by atoms with van der Waals surface area (Å²) in [7, 11) is 3.44. The normalized spacial score (nSPS) is 14.5. The maximum Gasteiger partial charge on any atom is 0.354 e. The van der Waals surface area contributed by atoms with Crippen LogP contribution >= 0.6 is 11.6 Å². The number of aromatic nitrogens is 3. The number of carbonyl (C=O) groups is 2. The highest BCUT2D eigenvalue weighted by molar-refractivity contribution is 6.29. The molecule has 0 spiro atoms. The number of rotatable bonds is 4. The first-order chi connectivity index (χ1) is 14.8. The number of pyridine rings is 1. The summed E-state index contributed by atoms with van der Waals surface area (Å²) in [6.07, 6.45) is 1.59. The van der Waals surface area contributed by atoms with E-state index in [1.807, 2.05) is 37.1 Å². The van der Waals surface area contributed by atoms with Gasteiger partial charge < -0.3 is 20.6 Å². The number of aromatic carboxylic acids is 1. The topological polar surface area (TPSA) is 120 Å². The summed E-state index contributed by atoms with van der Waals surface area (Å²) in [5, 5.41) is 23.0. The van der Waals surface area contributed by atoms with Gasteiger partial charge in [-0.2, -0.15) is 0 Å². The Labute approximate surface area is 183 Å². The molecule has 1 unspecified atom stereocenters. The van der Waals surface area contributed by atoms with E-state index in [1.165, 1.54) is 7.05 Å². The number of carboxylic acid groups (broad SMARTS) is 1. The van der Waals surface area contributed by atoms with Crippen molar-refractivity contribution in [2.24, 2.45) is 0 Å². The number of para-hydroxylation sites is 1. The highest BCUT2D eigenvalue weighted by Gasteiger charge is 2.29. The zero-order valence-electron chi connectivity index (χ0n) is 17.0. The number of halogens is 1. The monoisotopic (exact) mass is 438 g/mol. The minimum Gasteiger partial charge on any atom is -0.477 e. The van der Waals surface area contributed by atoms with Gasteiger partial charge in [0.1, 0.15) is 5.69 Å². The first-order valence-corrected chi connectivity index (χ1v) is 9.81. The van der Waals surface area contributed by atoms with Crippen molar-refractivity contribution >= 4 is 40.5 Å². The average Bonchev–Trinajstić information content (AvgIpc) is 2.76. The molecule has 1 atom stereocenters. The molecule has 31 heavy (non-hydrogen) atoms. The predicted molar refractivity (Wildman–Crippen MR) is 117 cm³/mol. The second-order valence-electron chi connectivity index (χ2n) is 7.08. The van der Waals surface area contributed by atoms with Crippen molar-refractivity contribution in [2.75, 3.05) is 24.3 Å². The Balaban J connectivity index is 1.85. The lowest BCUT2D eigenvalue weighted by molar-refractivity contribution is 0.0690. The van der Waals surface area contributed by atoms with Crippen molar-refractivity contribution in [1.82, 2.24) is 20.5 Å². The van der Waals surface area contributed by atoms with E-state index in [9.17, 15) is 14.7 Å². The van der Waals surface area contributed by atoms with Crippen LogP contribution in [0.25, 0.3) is 11.1 Å². The van der Waals surface area contributed by atoms with E-state index in [0.29, 0.717) is 5.69 Å². The quantitative estimate of drug-likeness (QED) is 0.566. The standard InChI is InChI=1S/C21H19ClN6O3/c1-10-12-7-16(21(30)31)24-9-13(12)11-5-4-6-14(19(11)28(10)3)25-15-8-17(22)26-27-18(15)20(29)23-2/h4-10H,1-3H3,(H,23,29)(H,25,26)(H,30,31). The van der Waals surface area contributed by atoms with Crippen molar-refractivity contribution in [1.29, 1.82) is 0 Å². The Bertz CT molecular complexity index is 1220. The lowest BCUT2D eigenvalue weighted by Gasteiger charge is -2.37. The van der Waals surface area contributed by atoms with Gasteiger partial charge in [-0.05, 0) is 24.6 Å². The van der Waals surface area contributed by atoms with Gasteiger partial charge in [0.05, 0.1) is 23.1 Å². The fourth-order valence-corrected chi connectivity index (χ4v) is 3.84. The van der Waals surface area contributed by atoms with Crippen molar-refractivity contribution in [3.63, 3.8) is 0 Å². The molecule has 1 aromatic carbocycles. The molecule has 1 aliphatic heterocycles. The van der Waals surface area contributed by atoms with Crippen LogP contribution in [-0.4, -0.2) is 46.3 Å². The number of amides is 1. The van der Waals surface area contributed by atoms with E-state index in [-0.39, 0.29) is 22.6 Å². The molecule has 1 aliphatic rings. The molecule has 0 aliphatic carbocycles. The number of hydrogen-bond donors (Lipinski definition) is 3. The molecular formula is C21H19ClN6O3. The second-order valence-corrected chi connectivity index (χ2v) is 7.47. The molecule has 0 saturated carbocycles. The van der Waals surface area contributed by atoms with Gasteiger partial charge in [-0.25, -0.2) is 9.78 Å². The van der Waals surface area contributed by atoms with Gasteiger partial charge >= 0.3 is 5.97 Å². The summed E-state index contributed by atoms with van der Waals surface area (Å²) in [6, 6.07) is 8.74. The highest BCUT2D eigenvalue weighted by Crippen LogP contribution is 2.47. The van der Waals surface area contributed by atoms with Gasteiger partial charge in [0.2, 0.25) is 0 Å². The van der Waals surface area contributed by atoms with Crippen molar-refractivity contribution in [3.8, 4) is 11.1 Å². The fourth-order valence-electron chi connectivity index (χ4n) is 3.70. The zero-order chi connectivity index (χ0) is 22.3. The number of fused-ring (bicyclic) bond motifs is 3. The molecule has 4 rings (SSSR count). The third-order valence-electron chi connectivity index (χ3n) is 5.34. The molecule has 3 aromatic rings. The number of nitrogens with one attached hydrogen (secondary N) is 2. The number of carbonyl (C=O) groups excluding carboxylic acids is 1. The van der Waals surface area contributed by atoms with Crippen LogP contribution in [-0.2, 0) is 0 Å². The van der Waals surface area contributed by atoms with Crippen LogP contribution in [0.5, 0.6) is 0 Å². The molecule has 9 nitrogen and oxygen atoms in total. The van der Waals surface area contributed by atoms with Crippen LogP contribution in [0.1, 0.15) is 39.5 Å². The minimum absolute atomic E-state index is 0.00412. The molecular weight excluding hydrogens is 420 g/mol. The van der Waals surface area contributed by atoms with E-state index in [0.717, 1.165) is 28.1 Å². The molecule has 0 saturated heterocycles. The van der Waals surface area contributed by atoms with E-state index >= 15 is 0 Å². The van der Waals surface area contributed by atoms with Crippen LogP contribution in [0.15, 0.2) is 36.5 Å². The molecule has 158 valence electrons. The fraction of sp³-hybridized carbons (Fsp3) is 0.190. The lowest BCUT2D eigenvalue weighted by atomic mass is 9.89. The summed E-state index contributed by atoms with van der Waals surface area (Å²) >= 11 is 6.02. The van der Waals surface area contributed by atoms with Gasteiger partial charge in [0.15, 0.2) is 10.8 Å². The molecule has 1 amide bonds. The Morgan fingerprint density at radius 3 is 2.65 bits per heavy atom. The maximum atomic E-state index is 12.2. The van der Waals surface area contributed by atoms with Gasteiger partial charge in [-0.15, -0.1) is 10.2 Å². The summed E-state index contributed by atoms with van der Waals surface area (Å²) in [4.78, 5) is 29.7. The van der Waals surface area contributed by atoms with Gasteiger partial charge in [-0.1, -0.05) is 23.7 Å². The number of anilines is 3. The first kappa shape index (κ1) is 20.5. The summed E-state index contributed by atoms with van der Waals surface area (Å²) in [5.41, 5.74) is 4.76. The average molecular weight is 439 g/mol. The van der Waals surface area contributed by atoms with Crippen molar-refractivity contribution in [3.05, 3.63) is 58.6 Å². The molecule has 3 heterocycles. The molecule has 10 heteroatoms. The third-order valence-corrected chi connectivity index (χ3v) is 5.53. The highest BCUT2D eigenvalue weighted by atomic mass is 35.5. The number of nitrogens with zero attached hydrogens (tertiary/aromatic N) is 4. The molecule has 3 N–H and O–H groups in total. The van der Waals surface area contributed by atoms with Crippen LogP contribution in [0.3, 0.4) is 0 Å². The first-order valence-electron chi connectivity index (χ1n) is 9.43. The van der Waals surface area contributed by atoms with E-state index in [2.05, 4.69) is 25.8 Å². The van der Waals surface area contributed by atoms with Gasteiger partial charge in [-0.3, -0.25) is 4.79 Å². The summed E-state index contributed by atoms with van der Waals surface area (Å²) < 4.78 is 0. The molecule has 0 bridgehead atoms. The predicted octanol–water partition coefficient (Wildman–Crippen LogP) is 3.50. The SMILES string of the molecule is CNC(=O)c1nnc(Cl)cc1Nc1cccc2c1N(C)C(C)c1cc(C(=O)O)ncc1-2. The Kier molecular flexibility index (Phi) is 5.20. The number of carboxylic acids is 1. The molecule has 0 fully saturated rings. The summed E-state index contributed by atoms with van der Waals surface area (Å²) in [6.45, 7) is 1.99. The van der Waals surface area contributed by atoms with E-state index in [4.69, 9.17) is 11.6 Å². The lowest BCUT2D eigenvalue weighted by Crippen LogP contribution is -2.28. The van der Waals surface area contributed by atoms with Gasteiger partial charge in [0.25, 0.3) is 5.91 Å². The van der Waals surface area contributed by atoms with Crippen molar-refractivity contribution in [2.45, 2.75) is 13.0 Å². The third kappa shape index (κ3) is 3.53.